The Balaban J connectivity index is 1.16. The molecule has 1 unspecified atom stereocenters. The van der Waals surface area contributed by atoms with Crippen molar-refractivity contribution in [2.24, 2.45) is 5.92 Å². The van der Waals surface area contributed by atoms with Crippen LogP contribution < -0.4 is 4.74 Å². The van der Waals surface area contributed by atoms with Crippen molar-refractivity contribution in [2.75, 3.05) is 19.6 Å². The molecule has 1 aliphatic carbocycles. The van der Waals surface area contributed by atoms with E-state index in [2.05, 4.69) is 31.0 Å². The average molecular weight is 594 g/mol. The maximum Gasteiger partial charge on any atom is 0.254 e. The van der Waals surface area contributed by atoms with Gasteiger partial charge in [-0.05, 0) is 85.2 Å². The van der Waals surface area contributed by atoms with E-state index in [-0.39, 0.29) is 23.8 Å². The minimum Gasteiger partial charge on any atom is -0.457 e. The van der Waals surface area contributed by atoms with Crippen LogP contribution in [0.15, 0.2) is 48.5 Å². The fraction of sp³-hybridized carbons (Fsp3) is 0.457. The predicted octanol–water partition coefficient (Wildman–Crippen LogP) is 5.19. The van der Waals surface area contributed by atoms with Crippen molar-refractivity contribution in [3.8, 4) is 22.8 Å². The van der Waals surface area contributed by atoms with Gasteiger partial charge in [0.25, 0.3) is 5.91 Å². The zero-order valence-electron chi connectivity index (χ0n) is 25.7. The molecule has 3 amide bonds. The molecule has 0 radical (unpaired) electrons. The Morgan fingerprint density at radius 2 is 1.68 bits per heavy atom. The lowest BCUT2D eigenvalue weighted by Gasteiger charge is -2.34. The molecule has 1 saturated carbocycles. The number of carbonyl (C=O) groups is 3. The lowest BCUT2D eigenvalue weighted by molar-refractivity contribution is -0.129. The van der Waals surface area contributed by atoms with Crippen LogP contribution in [0.3, 0.4) is 0 Å². The van der Waals surface area contributed by atoms with Crippen molar-refractivity contribution in [1.82, 2.24) is 24.9 Å². The maximum absolute atomic E-state index is 13.9. The Bertz CT molecular complexity index is 1600. The summed E-state index contributed by atoms with van der Waals surface area (Å²) in [7, 11) is 0. The van der Waals surface area contributed by atoms with Gasteiger partial charge in [-0.2, -0.15) is 10.2 Å². The SMILES string of the molecule is CC(C)c1ccc(-c2ccc(Oc3cc4c(cc3CN3C[C@@H](C)CC3=O)CCN(C3CC(=O)N(C5CC5)C3)C4=O)cc2)nn1. The first kappa shape index (κ1) is 28.5. The van der Waals surface area contributed by atoms with Gasteiger partial charge in [-0.3, -0.25) is 14.4 Å². The van der Waals surface area contributed by atoms with Crippen LogP contribution in [0.4, 0.5) is 0 Å². The van der Waals surface area contributed by atoms with Gasteiger partial charge >= 0.3 is 0 Å². The monoisotopic (exact) mass is 593 g/mol. The van der Waals surface area contributed by atoms with Crippen LogP contribution in [-0.2, 0) is 22.6 Å². The normalized spacial score (nSPS) is 21.9. The minimum absolute atomic E-state index is 0.0530. The topological polar surface area (TPSA) is 95.9 Å². The highest BCUT2D eigenvalue weighted by Crippen LogP contribution is 2.37. The number of aromatic nitrogens is 2. The van der Waals surface area contributed by atoms with E-state index in [1.54, 1.807) is 0 Å². The Morgan fingerprint density at radius 1 is 0.886 bits per heavy atom. The van der Waals surface area contributed by atoms with Crippen LogP contribution in [-0.4, -0.2) is 74.3 Å². The van der Waals surface area contributed by atoms with Crippen LogP contribution in [0.25, 0.3) is 11.3 Å². The van der Waals surface area contributed by atoms with E-state index in [9.17, 15) is 14.4 Å². The molecule has 228 valence electrons. The highest BCUT2D eigenvalue weighted by atomic mass is 16.5. The van der Waals surface area contributed by atoms with E-state index in [0.29, 0.717) is 80.4 Å². The van der Waals surface area contributed by atoms with E-state index < -0.39 is 0 Å². The smallest absolute Gasteiger partial charge is 0.254 e. The maximum atomic E-state index is 13.9. The number of fused-ring (bicyclic) bond motifs is 1. The molecule has 1 aromatic heterocycles. The van der Waals surface area contributed by atoms with Gasteiger partial charge in [-0.15, -0.1) is 0 Å². The highest BCUT2D eigenvalue weighted by molar-refractivity contribution is 5.98. The zero-order valence-corrected chi connectivity index (χ0v) is 25.7. The van der Waals surface area contributed by atoms with Gasteiger partial charge in [-0.1, -0.05) is 20.8 Å². The number of amides is 3. The quantitative estimate of drug-likeness (QED) is 0.357. The summed E-state index contributed by atoms with van der Waals surface area (Å²) < 4.78 is 6.47. The molecule has 0 spiro atoms. The number of hydrogen-bond donors (Lipinski definition) is 0. The molecule has 3 aromatic rings. The lowest BCUT2D eigenvalue weighted by Crippen LogP contribution is -2.46. The fourth-order valence-electron chi connectivity index (χ4n) is 6.76. The molecule has 0 bridgehead atoms. The van der Waals surface area contributed by atoms with E-state index in [1.807, 2.05) is 63.2 Å². The first-order chi connectivity index (χ1) is 21.2. The number of carbonyl (C=O) groups excluding carboxylic acids is 3. The van der Waals surface area contributed by atoms with Gasteiger partial charge in [-0.25, -0.2) is 0 Å². The second kappa shape index (κ2) is 11.3. The summed E-state index contributed by atoms with van der Waals surface area (Å²) in [6.07, 6.45) is 3.78. The predicted molar refractivity (Wildman–Crippen MR) is 165 cm³/mol. The van der Waals surface area contributed by atoms with Crippen LogP contribution >= 0.6 is 0 Å². The van der Waals surface area contributed by atoms with Gasteiger partial charge < -0.3 is 19.4 Å². The summed E-state index contributed by atoms with van der Waals surface area (Å²) in [4.78, 5) is 45.0. The van der Waals surface area contributed by atoms with E-state index in [1.165, 1.54) is 0 Å². The molecule has 2 saturated heterocycles. The number of hydrogen-bond acceptors (Lipinski definition) is 6. The van der Waals surface area contributed by atoms with Gasteiger partial charge in [0, 0.05) is 61.8 Å². The van der Waals surface area contributed by atoms with Crippen molar-refractivity contribution in [1.29, 1.82) is 0 Å². The Hall–Kier alpha value is -4.27. The van der Waals surface area contributed by atoms with Gasteiger partial charge in [0.15, 0.2) is 0 Å². The Kier molecular flexibility index (Phi) is 7.34. The van der Waals surface area contributed by atoms with E-state index in [4.69, 9.17) is 4.74 Å². The van der Waals surface area contributed by atoms with Crippen LogP contribution in [0.1, 0.15) is 79.6 Å². The summed E-state index contributed by atoms with van der Waals surface area (Å²) >= 11 is 0. The summed E-state index contributed by atoms with van der Waals surface area (Å²) in [5.74, 6) is 2.08. The number of benzene rings is 2. The van der Waals surface area contributed by atoms with Gasteiger partial charge in [0.2, 0.25) is 11.8 Å². The highest BCUT2D eigenvalue weighted by Gasteiger charge is 2.43. The fourth-order valence-corrected chi connectivity index (χ4v) is 6.76. The number of ether oxygens (including phenoxy) is 1. The molecule has 3 aliphatic heterocycles. The molecular weight excluding hydrogens is 554 g/mol. The van der Waals surface area contributed by atoms with E-state index in [0.717, 1.165) is 40.9 Å². The van der Waals surface area contributed by atoms with Crippen molar-refractivity contribution in [3.05, 3.63) is 70.9 Å². The minimum atomic E-state index is -0.0956. The van der Waals surface area contributed by atoms with Gasteiger partial charge in [0.1, 0.15) is 11.5 Å². The zero-order chi connectivity index (χ0) is 30.5. The third-order valence-electron chi connectivity index (χ3n) is 9.39. The third-order valence-corrected chi connectivity index (χ3v) is 9.39. The third kappa shape index (κ3) is 5.55. The summed E-state index contributed by atoms with van der Waals surface area (Å²) in [6, 6.07) is 15.8. The summed E-state index contributed by atoms with van der Waals surface area (Å²) in [5, 5.41) is 8.74. The van der Waals surface area contributed by atoms with Gasteiger partial charge in [0.05, 0.1) is 17.4 Å². The number of rotatable bonds is 8. The molecule has 9 nitrogen and oxygen atoms in total. The molecule has 0 N–H and O–H groups in total. The molecule has 4 aliphatic rings. The molecule has 2 aromatic carbocycles. The lowest BCUT2D eigenvalue weighted by atomic mass is 9.94. The molecule has 4 heterocycles. The number of likely N-dealkylation sites (tertiary alicyclic amines) is 2. The molecule has 9 heteroatoms. The van der Waals surface area contributed by atoms with Crippen LogP contribution in [0.2, 0.25) is 0 Å². The molecule has 2 atom stereocenters. The first-order valence-corrected chi connectivity index (χ1v) is 15.9. The second-order valence-corrected chi connectivity index (χ2v) is 13.2. The van der Waals surface area contributed by atoms with Crippen LogP contribution in [0.5, 0.6) is 11.5 Å². The van der Waals surface area contributed by atoms with Crippen LogP contribution in [0, 0.1) is 5.92 Å². The number of nitrogens with zero attached hydrogens (tertiary/aromatic N) is 5. The standard InChI is InChI=1S/C35H39N5O4/c1-21(2)30-10-11-31(37-36-30)23-4-8-28(9-5-23)44-32-17-29-24(15-25(32)19-38-18-22(3)14-33(38)41)12-13-39(35(29)43)27-16-34(42)40(20-27)26-6-7-26/h4-5,8-11,15,17,21-22,26-27H,6-7,12-14,16,18-20H2,1-3H3/t22-,27?/m0/s1. The summed E-state index contributed by atoms with van der Waals surface area (Å²) in [6.45, 7) is 8.63. The van der Waals surface area contributed by atoms with Crippen molar-refractivity contribution >= 4 is 17.7 Å². The largest absolute Gasteiger partial charge is 0.457 e. The average Bonchev–Trinajstić information content (AvgIpc) is 3.71. The first-order valence-electron chi connectivity index (χ1n) is 15.9. The molecular formula is C35H39N5O4. The Morgan fingerprint density at radius 3 is 2.34 bits per heavy atom. The molecule has 3 fully saturated rings. The van der Waals surface area contributed by atoms with E-state index >= 15 is 0 Å². The summed E-state index contributed by atoms with van der Waals surface area (Å²) in [5.41, 5.74) is 5.14. The molecule has 7 rings (SSSR count). The van der Waals surface area contributed by atoms with Crippen molar-refractivity contribution in [3.63, 3.8) is 0 Å². The second-order valence-electron chi connectivity index (χ2n) is 13.2. The Labute approximate surface area is 258 Å². The van der Waals surface area contributed by atoms with Crippen molar-refractivity contribution in [2.45, 2.75) is 77.4 Å². The van der Waals surface area contributed by atoms with Crippen molar-refractivity contribution < 1.29 is 19.1 Å². The molecule has 44 heavy (non-hydrogen) atoms.